The van der Waals surface area contributed by atoms with Crippen molar-refractivity contribution in [2.75, 3.05) is 5.32 Å². The summed E-state index contributed by atoms with van der Waals surface area (Å²) in [6.45, 7) is 9.95. The topological polar surface area (TPSA) is 108 Å². The zero-order valence-electron chi connectivity index (χ0n) is 17.9. The van der Waals surface area contributed by atoms with Crippen molar-refractivity contribution in [1.82, 2.24) is 19.6 Å². The number of carbonyl (C=O) groups is 1. The van der Waals surface area contributed by atoms with Crippen molar-refractivity contribution in [3.63, 3.8) is 0 Å². The van der Waals surface area contributed by atoms with E-state index in [1.807, 2.05) is 25.5 Å². The van der Waals surface area contributed by atoms with Gasteiger partial charge in [0.05, 0.1) is 35.1 Å². The fourth-order valence-corrected chi connectivity index (χ4v) is 3.48. The maximum Gasteiger partial charge on any atom is 0.312 e. The van der Waals surface area contributed by atoms with Crippen molar-refractivity contribution in [3.8, 4) is 0 Å². The molecule has 1 aromatic carbocycles. The Balaban J connectivity index is 1.67. The second-order valence-electron chi connectivity index (χ2n) is 7.49. The number of nitrogens with zero attached hydrogens (tertiary/aromatic N) is 5. The van der Waals surface area contributed by atoms with Crippen LogP contribution in [0.2, 0.25) is 0 Å². The number of anilines is 1. The molecule has 0 atom stereocenters. The Morgan fingerprint density at radius 1 is 1.00 bits per heavy atom. The molecule has 2 heterocycles. The molecular weight excluding hydrogens is 384 g/mol. The third-order valence-corrected chi connectivity index (χ3v) is 5.18. The van der Waals surface area contributed by atoms with Crippen LogP contribution in [0.4, 0.5) is 11.4 Å². The van der Waals surface area contributed by atoms with Crippen molar-refractivity contribution >= 4 is 17.3 Å². The van der Waals surface area contributed by atoms with E-state index in [1.54, 1.807) is 13.8 Å². The molecule has 0 radical (unpaired) electrons. The fraction of sp³-hybridized carbons (Fsp3) is 0.381. The Bertz CT molecular complexity index is 1100. The first-order chi connectivity index (χ1) is 14.2. The molecule has 0 aliphatic rings. The van der Waals surface area contributed by atoms with E-state index in [9.17, 15) is 14.9 Å². The van der Waals surface area contributed by atoms with Crippen molar-refractivity contribution in [1.29, 1.82) is 0 Å². The molecule has 0 aliphatic carbocycles. The van der Waals surface area contributed by atoms with Gasteiger partial charge in [-0.05, 0) is 40.2 Å². The van der Waals surface area contributed by atoms with Crippen molar-refractivity contribution < 1.29 is 9.72 Å². The van der Waals surface area contributed by atoms with Crippen LogP contribution in [-0.2, 0) is 17.9 Å². The molecule has 0 bridgehead atoms. The summed E-state index contributed by atoms with van der Waals surface area (Å²) in [5.74, 6) is -0.189. The smallest absolute Gasteiger partial charge is 0.312 e. The van der Waals surface area contributed by atoms with Gasteiger partial charge in [0.25, 0.3) is 0 Å². The van der Waals surface area contributed by atoms with Gasteiger partial charge in [-0.1, -0.05) is 29.8 Å². The minimum Gasteiger partial charge on any atom is -0.323 e. The first-order valence-corrected chi connectivity index (χ1v) is 9.75. The Hall–Kier alpha value is -3.49. The molecule has 0 fully saturated rings. The lowest BCUT2D eigenvalue weighted by molar-refractivity contribution is -0.386. The summed E-state index contributed by atoms with van der Waals surface area (Å²) >= 11 is 0. The van der Waals surface area contributed by atoms with Crippen LogP contribution >= 0.6 is 0 Å². The average molecular weight is 410 g/mol. The van der Waals surface area contributed by atoms with Crippen LogP contribution in [-0.4, -0.2) is 30.4 Å². The Morgan fingerprint density at radius 2 is 1.63 bits per heavy atom. The molecule has 3 rings (SSSR count). The highest BCUT2D eigenvalue weighted by molar-refractivity contribution is 5.91. The number of nitro groups is 1. The van der Waals surface area contributed by atoms with Gasteiger partial charge in [-0.15, -0.1) is 0 Å². The lowest BCUT2D eigenvalue weighted by Gasteiger charge is -2.08. The summed E-state index contributed by atoms with van der Waals surface area (Å²) in [5, 5.41) is 22.8. The van der Waals surface area contributed by atoms with Gasteiger partial charge >= 0.3 is 5.69 Å². The highest BCUT2D eigenvalue weighted by Gasteiger charge is 2.22. The van der Waals surface area contributed by atoms with Crippen molar-refractivity contribution in [2.45, 2.75) is 54.1 Å². The van der Waals surface area contributed by atoms with Crippen LogP contribution in [0.25, 0.3) is 0 Å². The summed E-state index contributed by atoms with van der Waals surface area (Å²) in [5.41, 5.74) is 5.46. The summed E-state index contributed by atoms with van der Waals surface area (Å²) in [6, 6.07) is 8.26. The van der Waals surface area contributed by atoms with E-state index in [4.69, 9.17) is 0 Å². The number of carbonyl (C=O) groups excluding carboxylic acids is 1. The van der Waals surface area contributed by atoms with Crippen molar-refractivity contribution in [2.24, 2.45) is 0 Å². The van der Waals surface area contributed by atoms with Gasteiger partial charge < -0.3 is 5.32 Å². The molecule has 0 saturated carbocycles. The van der Waals surface area contributed by atoms with E-state index in [2.05, 4.69) is 39.8 Å². The minimum absolute atomic E-state index is 0.000482. The summed E-state index contributed by atoms with van der Waals surface area (Å²) in [7, 11) is 0. The quantitative estimate of drug-likeness (QED) is 0.473. The fourth-order valence-electron chi connectivity index (χ4n) is 3.48. The zero-order valence-corrected chi connectivity index (χ0v) is 17.9. The molecule has 9 heteroatoms. The summed E-state index contributed by atoms with van der Waals surface area (Å²) in [4.78, 5) is 23.2. The van der Waals surface area contributed by atoms with Gasteiger partial charge in [-0.2, -0.15) is 10.2 Å². The third-order valence-electron chi connectivity index (χ3n) is 5.18. The molecule has 0 saturated heterocycles. The molecule has 3 aromatic rings. The number of amides is 1. The van der Waals surface area contributed by atoms with E-state index < -0.39 is 4.92 Å². The van der Waals surface area contributed by atoms with Crippen LogP contribution in [0.5, 0.6) is 0 Å². The minimum atomic E-state index is -0.441. The van der Waals surface area contributed by atoms with Gasteiger partial charge in [0.15, 0.2) is 0 Å². The summed E-state index contributed by atoms with van der Waals surface area (Å²) < 4.78 is 3.38. The number of hydrogen-bond acceptors (Lipinski definition) is 5. The van der Waals surface area contributed by atoms with E-state index in [0.29, 0.717) is 23.6 Å². The van der Waals surface area contributed by atoms with Crippen LogP contribution in [0.1, 0.15) is 40.3 Å². The zero-order chi connectivity index (χ0) is 22.0. The van der Waals surface area contributed by atoms with Crippen LogP contribution < -0.4 is 5.32 Å². The van der Waals surface area contributed by atoms with E-state index in [-0.39, 0.29) is 24.6 Å². The molecule has 0 spiro atoms. The normalized spacial score (nSPS) is 11.0. The van der Waals surface area contributed by atoms with Gasteiger partial charge in [0.1, 0.15) is 11.4 Å². The van der Waals surface area contributed by atoms with Gasteiger partial charge in [0, 0.05) is 6.42 Å². The molecule has 30 heavy (non-hydrogen) atoms. The lowest BCUT2D eigenvalue weighted by Crippen LogP contribution is -2.16. The molecule has 0 aliphatic heterocycles. The number of benzene rings is 1. The van der Waals surface area contributed by atoms with Crippen LogP contribution in [0, 0.1) is 44.7 Å². The first-order valence-electron chi connectivity index (χ1n) is 9.75. The molecule has 1 N–H and O–H groups in total. The number of aryl methyl sites for hydroxylation is 4. The molecule has 9 nitrogen and oxygen atoms in total. The van der Waals surface area contributed by atoms with E-state index >= 15 is 0 Å². The Morgan fingerprint density at radius 3 is 2.23 bits per heavy atom. The largest absolute Gasteiger partial charge is 0.323 e. The first kappa shape index (κ1) is 21.2. The number of rotatable bonds is 7. The predicted molar refractivity (Wildman–Crippen MR) is 114 cm³/mol. The second-order valence-corrected chi connectivity index (χ2v) is 7.49. The monoisotopic (exact) mass is 410 g/mol. The van der Waals surface area contributed by atoms with Gasteiger partial charge in [-0.3, -0.25) is 24.3 Å². The molecular formula is C21H26N6O3. The molecule has 0 unspecified atom stereocenters. The van der Waals surface area contributed by atoms with Crippen molar-refractivity contribution in [3.05, 3.63) is 68.3 Å². The molecule has 158 valence electrons. The Labute approximate surface area is 174 Å². The SMILES string of the molecule is Cc1ccc(Cn2nc(C)c(NC(=O)CCn3nc(C)c([N+](=O)[O-])c3C)c2C)cc1. The summed E-state index contributed by atoms with van der Waals surface area (Å²) in [6.07, 6.45) is 0.154. The number of aromatic nitrogens is 4. The Kier molecular flexibility index (Phi) is 6.00. The maximum absolute atomic E-state index is 12.5. The van der Waals surface area contributed by atoms with E-state index in [1.165, 1.54) is 10.2 Å². The lowest BCUT2D eigenvalue weighted by atomic mass is 10.1. The molecule has 1 amide bonds. The standard InChI is InChI=1S/C21H26N6O3/c1-13-6-8-18(9-7-13)12-26-16(4)20(14(2)23-26)22-19(28)10-11-25-17(5)21(27(29)30)15(3)24-25/h6-9H,10-12H2,1-5H3,(H,22,28). The van der Waals surface area contributed by atoms with Gasteiger partial charge in [0.2, 0.25) is 5.91 Å². The molecule has 2 aromatic heterocycles. The second kappa shape index (κ2) is 8.48. The maximum atomic E-state index is 12.5. The highest BCUT2D eigenvalue weighted by Crippen LogP contribution is 2.23. The van der Waals surface area contributed by atoms with Gasteiger partial charge in [-0.25, -0.2) is 0 Å². The van der Waals surface area contributed by atoms with Crippen LogP contribution in [0.15, 0.2) is 24.3 Å². The highest BCUT2D eigenvalue weighted by atomic mass is 16.6. The van der Waals surface area contributed by atoms with Crippen LogP contribution in [0.3, 0.4) is 0 Å². The number of hydrogen-bond donors (Lipinski definition) is 1. The van der Waals surface area contributed by atoms with E-state index in [0.717, 1.165) is 17.0 Å². The number of nitrogens with one attached hydrogen (secondary N) is 1. The average Bonchev–Trinajstić information content (AvgIpc) is 3.11. The third kappa shape index (κ3) is 4.40. The predicted octanol–water partition coefficient (Wildman–Crippen LogP) is 3.61.